The van der Waals surface area contributed by atoms with Crippen molar-refractivity contribution in [2.24, 2.45) is 0 Å². The first-order chi connectivity index (χ1) is 15.1. The largest absolute Gasteiger partial charge is 0.473 e. The highest BCUT2D eigenvalue weighted by Gasteiger charge is 2.30. The predicted octanol–water partition coefficient (Wildman–Crippen LogP) is 5.65. The van der Waals surface area contributed by atoms with Gasteiger partial charge in [-0.2, -0.15) is 13.2 Å². The average molecular weight is 471 g/mol. The molecule has 9 heteroatoms. The lowest BCUT2D eigenvalue weighted by Gasteiger charge is -2.29. The molecular weight excluding hydrogens is 445 g/mol. The molecule has 0 spiro atoms. The van der Waals surface area contributed by atoms with Gasteiger partial charge in [0.15, 0.2) is 0 Å². The Bertz CT molecular complexity index is 914. The highest BCUT2D eigenvalue weighted by Crippen LogP contribution is 2.37. The summed E-state index contributed by atoms with van der Waals surface area (Å²) in [6.45, 7) is 3.83. The van der Waals surface area contributed by atoms with E-state index in [1.165, 1.54) is 25.3 Å². The van der Waals surface area contributed by atoms with E-state index in [1.807, 2.05) is 6.92 Å². The fourth-order valence-corrected chi connectivity index (χ4v) is 3.98. The minimum Gasteiger partial charge on any atom is -0.473 e. The molecule has 0 unspecified atom stereocenters. The van der Waals surface area contributed by atoms with Gasteiger partial charge in [-0.3, -0.25) is 4.79 Å². The summed E-state index contributed by atoms with van der Waals surface area (Å²) in [7, 11) is 0. The van der Waals surface area contributed by atoms with E-state index in [0.29, 0.717) is 17.7 Å². The summed E-state index contributed by atoms with van der Waals surface area (Å²) in [5, 5.41) is 3.06. The molecule has 0 saturated heterocycles. The van der Waals surface area contributed by atoms with Crippen molar-refractivity contribution in [3.05, 3.63) is 47.1 Å². The number of amides is 1. The first-order valence-electron chi connectivity index (χ1n) is 10.5. The average Bonchev–Trinajstić information content (AvgIpc) is 2.74. The van der Waals surface area contributed by atoms with Crippen molar-refractivity contribution in [1.82, 2.24) is 10.3 Å². The van der Waals surface area contributed by atoms with E-state index in [0.717, 1.165) is 37.8 Å². The van der Waals surface area contributed by atoms with Crippen molar-refractivity contribution >= 4 is 17.5 Å². The lowest BCUT2D eigenvalue weighted by Crippen LogP contribution is -2.36. The van der Waals surface area contributed by atoms with Crippen LogP contribution in [0.1, 0.15) is 45.1 Å². The molecule has 1 atom stereocenters. The van der Waals surface area contributed by atoms with Crippen LogP contribution in [0.25, 0.3) is 11.1 Å². The van der Waals surface area contributed by atoms with E-state index >= 15 is 0 Å². The zero-order valence-electron chi connectivity index (χ0n) is 17.9. The number of pyridine rings is 1. The molecule has 1 saturated carbocycles. The molecular formula is C23H26ClF3N2O3. The maximum Gasteiger partial charge on any atom is 0.416 e. The van der Waals surface area contributed by atoms with E-state index in [9.17, 15) is 18.0 Å². The van der Waals surface area contributed by atoms with Crippen LogP contribution in [0.4, 0.5) is 13.2 Å². The van der Waals surface area contributed by atoms with E-state index in [2.05, 4.69) is 10.3 Å². The summed E-state index contributed by atoms with van der Waals surface area (Å²) in [5.41, 5.74) is 0.406. The summed E-state index contributed by atoms with van der Waals surface area (Å²) in [4.78, 5) is 15.3. The van der Waals surface area contributed by atoms with Crippen LogP contribution < -0.4 is 10.1 Å². The number of halogens is 4. The normalized spacial score (nSPS) is 19.9. The SMILES string of the molecule is CC(=O)N[C@@H](C)COC1CCC(Oc2nccc(-c3ccc(C(F)(F)F)cc3)c2Cl)CC1. The Labute approximate surface area is 190 Å². The fraction of sp³-hybridized carbons (Fsp3) is 0.478. The lowest BCUT2D eigenvalue weighted by molar-refractivity contribution is -0.137. The first kappa shape index (κ1) is 24.3. The van der Waals surface area contributed by atoms with Crippen molar-refractivity contribution in [3.8, 4) is 17.0 Å². The van der Waals surface area contributed by atoms with Gasteiger partial charge < -0.3 is 14.8 Å². The molecule has 1 heterocycles. The van der Waals surface area contributed by atoms with Gasteiger partial charge in [-0.15, -0.1) is 0 Å². The summed E-state index contributed by atoms with van der Waals surface area (Å²) in [6, 6.07) is 6.44. The van der Waals surface area contributed by atoms with Crippen molar-refractivity contribution in [3.63, 3.8) is 0 Å². The molecule has 32 heavy (non-hydrogen) atoms. The molecule has 1 amide bonds. The number of carbonyl (C=O) groups excluding carboxylic acids is 1. The summed E-state index contributed by atoms with van der Waals surface area (Å²) >= 11 is 6.48. The predicted molar refractivity (Wildman–Crippen MR) is 116 cm³/mol. The molecule has 5 nitrogen and oxygen atoms in total. The number of rotatable bonds is 7. The number of alkyl halides is 3. The Morgan fingerprint density at radius 1 is 1.16 bits per heavy atom. The number of nitrogens with one attached hydrogen (secondary N) is 1. The van der Waals surface area contributed by atoms with E-state index < -0.39 is 11.7 Å². The molecule has 2 aromatic rings. The van der Waals surface area contributed by atoms with Crippen molar-refractivity contribution < 1.29 is 27.4 Å². The number of nitrogens with zero attached hydrogens (tertiary/aromatic N) is 1. The lowest BCUT2D eigenvalue weighted by atomic mass is 9.95. The van der Waals surface area contributed by atoms with Crippen LogP contribution in [0.2, 0.25) is 5.02 Å². The monoisotopic (exact) mass is 470 g/mol. The number of benzene rings is 1. The van der Waals surface area contributed by atoms with Gasteiger partial charge in [0.2, 0.25) is 11.8 Å². The molecule has 1 aromatic carbocycles. The number of aromatic nitrogens is 1. The van der Waals surface area contributed by atoms with Gasteiger partial charge in [0.1, 0.15) is 11.1 Å². The number of ether oxygens (including phenoxy) is 2. The topological polar surface area (TPSA) is 60.5 Å². The van der Waals surface area contributed by atoms with Crippen LogP contribution in [0.3, 0.4) is 0 Å². The third-order valence-corrected chi connectivity index (χ3v) is 5.68. The van der Waals surface area contributed by atoms with E-state index in [4.69, 9.17) is 21.1 Å². The number of hydrogen-bond acceptors (Lipinski definition) is 4. The van der Waals surface area contributed by atoms with Gasteiger partial charge >= 0.3 is 6.18 Å². The third-order valence-electron chi connectivity index (χ3n) is 5.31. The molecule has 1 fully saturated rings. The second kappa shape index (κ2) is 10.5. The van der Waals surface area contributed by atoms with Crippen LogP contribution >= 0.6 is 11.6 Å². The molecule has 3 rings (SSSR count). The molecule has 0 bridgehead atoms. The van der Waals surface area contributed by atoms with Crippen molar-refractivity contribution in [1.29, 1.82) is 0 Å². The molecule has 1 aromatic heterocycles. The molecule has 0 aliphatic heterocycles. The maximum atomic E-state index is 12.8. The van der Waals surface area contributed by atoms with Gasteiger partial charge in [0, 0.05) is 24.7 Å². The second-order valence-corrected chi connectivity index (χ2v) is 8.38. The Morgan fingerprint density at radius 3 is 2.38 bits per heavy atom. The Morgan fingerprint density at radius 2 is 1.78 bits per heavy atom. The standard InChI is InChI=1S/C23H26ClF3N2O3/c1-14(29-15(2)30)13-31-18-7-9-19(10-8-18)32-22-21(24)20(11-12-28-22)16-3-5-17(6-4-16)23(25,26)27/h3-6,11-12,14,18-19H,7-10,13H2,1-2H3,(H,29,30)/t14-,18?,19?/m0/s1. The Hall–Kier alpha value is -2.32. The minimum atomic E-state index is -4.39. The summed E-state index contributed by atoms with van der Waals surface area (Å²) in [5.74, 6) is 0.189. The fourth-order valence-electron chi connectivity index (χ4n) is 3.71. The van der Waals surface area contributed by atoms with E-state index in [-0.39, 0.29) is 35.1 Å². The van der Waals surface area contributed by atoms with Crippen molar-refractivity contribution in [2.45, 2.75) is 64.0 Å². The maximum absolute atomic E-state index is 12.8. The summed E-state index contributed by atoms with van der Waals surface area (Å²) in [6.07, 6.45) is 0.333. The van der Waals surface area contributed by atoms with Gasteiger partial charge in [-0.1, -0.05) is 23.7 Å². The quantitative estimate of drug-likeness (QED) is 0.568. The molecule has 1 N–H and O–H groups in total. The molecule has 1 aliphatic rings. The molecule has 0 radical (unpaired) electrons. The third kappa shape index (κ3) is 6.59. The van der Waals surface area contributed by atoms with Gasteiger partial charge in [0.05, 0.1) is 18.3 Å². The molecule has 174 valence electrons. The van der Waals surface area contributed by atoms with Crippen LogP contribution in [0, 0.1) is 0 Å². The Kier molecular flexibility index (Phi) is 8.00. The highest BCUT2D eigenvalue weighted by molar-refractivity contribution is 6.34. The smallest absolute Gasteiger partial charge is 0.416 e. The highest BCUT2D eigenvalue weighted by atomic mass is 35.5. The van der Waals surface area contributed by atoms with Crippen LogP contribution in [-0.4, -0.2) is 35.7 Å². The zero-order valence-corrected chi connectivity index (χ0v) is 18.7. The zero-order chi connectivity index (χ0) is 23.3. The second-order valence-electron chi connectivity index (χ2n) is 8.00. The van der Waals surface area contributed by atoms with Crippen LogP contribution in [-0.2, 0) is 15.7 Å². The van der Waals surface area contributed by atoms with Gasteiger partial charge in [0.25, 0.3) is 0 Å². The number of hydrogen-bond donors (Lipinski definition) is 1. The van der Waals surface area contributed by atoms with Crippen LogP contribution in [0.15, 0.2) is 36.5 Å². The van der Waals surface area contributed by atoms with Gasteiger partial charge in [-0.05, 0) is 56.4 Å². The first-order valence-corrected chi connectivity index (χ1v) is 10.9. The van der Waals surface area contributed by atoms with Gasteiger partial charge in [-0.25, -0.2) is 4.98 Å². The van der Waals surface area contributed by atoms with E-state index in [1.54, 1.807) is 6.07 Å². The minimum absolute atomic E-state index is 0.0441. The Balaban J connectivity index is 1.57. The van der Waals surface area contributed by atoms with Crippen molar-refractivity contribution in [2.75, 3.05) is 6.61 Å². The van der Waals surface area contributed by atoms with Crippen LogP contribution in [0.5, 0.6) is 5.88 Å². The number of carbonyl (C=O) groups is 1. The summed E-state index contributed by atoms with van der Waals surface area (Å²) < 4.78 is 50.3. The molecule has 1 aliphatic carbocycles.